The standard InChI is InChI=1S/C17H20N2O4S/c1-12(20)13-6-7-14(24-13)16(22)23-10-15(21)19(2)17(11-18)8-4-3-5-9-17/h6-7H,3-5,8-10H2,1-2H3. The third kappa shape index (κ3) is 3.82. The first-order valence-corrected chi connectivity index (χ1v) is 8.67. The maximum absolute atomic E-state index is 12.3. The first-order chi connectivity index (χ1) is 11.4. The number of esters is 1. The zero-order valence-electron chi connectivity index (χ0n) is 13.8. The fourth-order valence-electron chi connectivity index (χ4n) is 2.83. The Labute approximate surface area is 145 Å². The summed E-state index contributed by atoms with van der Waals surface area (Å²) >= 11 is 1.04. The monoisotopic (exact) mass is 348 g/mol. The molecular weight excluding hydrogens is 328 g/mol. The molecule has 0 aromatic carbocycles. The minimum atomic E-state index is -0.799. The highest BCUT2D eigenvalue weighted by atomic mass is 32.1. The number of ether oxygens (including phenoxy) is 1. The summed E-state index contributed by atoms with van der Waals surface area (Å²) < 4.78 is 5.04. The molecule has 2 rings (SSSR count). The molecule has 7 heteroatoms. The third-order valence-electron chi connectivity index (χ3n) is 4.39. The summed E-state index contributed by atoms with van der Waals surface area (Å²) in [5, 5.41) is 9.49. The summed E-state index contributed by atoms with van der Waals surface area (Å²) in [6.45, 7) is 1.01. The van der Waals surface area contributed by atoms with Crippen LogP contribution < -0.4 is 0 Å². The number of carbonyl (C=O) groups is 3. The molecule has 0 spiro atoms. The van der Waals surface area contributed by atoms with Crippen LogP contribution in [0.15, 0.2) is 12.1 Å². The van der Waals surface area contributed by atoms with Gasteiger partial charge in [-0.15, -0.1) is 11.3 Å². The molecule has 0 N–H and O–H groups in total. The topological polar surface area (TPSA) is 87.5 Å². The van der Waals surface area contributed by atoms with Gasteiger partial charge in [-0.1, -0.05) is 19.3 Å². The number of nitrogens with zero attached hydrogens (tertiary/aromatic N) is 2. The van der Waals surface area contributed by atoms with Gasteiger partial charge in [0.1, 0.15) is 10.4 Å². The van der Waals surface area contributed by atoms with Crippen LogP contribution >= 0.6 is 11.3 Å². The van der Waals surface area contributed by atoms with Crippen molar-refractivity contribution in [3.8, 4) is 6.07 Å². The Bertz CT molecular complexity index is 683. The molecule has 0 bridgehead atoms. The van der Waals surface area contributed by atoms with Gasteiger partial charge in [0.2, 0.25) is 0 Å². The molecule has 1 amide bonds. The first kappa shape index (κ1) is 18.1. The Balaban J connectivity index is 1.95. The van der Waals surface area contributed by atoms with E-state index < -0.39 is 24.0 Å². The van der Waals surface area contributed by atoms with Gasteiger partial charge in [0.25, 0.3) is 5.91 Å². The molecule has 1 aromatic rings. The average Bonchev–Trinajstić information content (AvgIpc) is 3.09. The number of likely N-dealkylation sites (N-methyl/N-ethyl adjacent to an activating group) is 1. The molecule has 1 aromatic heterocycles. The van der Waals surface area contributed by atoms with Gasteiger partial charge in [-0.2, -0.15) is 5.26 Å². The van der Waals surface area contributed by atoms with Gasteiger partial charge in [-0.05, 0) is 31.9 Å². The van der Waals surface area contributed by atoms with Crippen molar-refractivity contribution in [2.75, 3.05) is 13.7 Å². The molecule has 128 valence electrons. The van der Waals surface area contributed by atoms with Crippen LogP contribution in [0.5, 0.6) is 0 Å². The zero-order chi connectivity index (χ0) is 17.7. The molecule has 1 saturated carbocycles. The lowest BCUT2D eigenvalue weighted by Gasteiger charge is -2.38. The fraction of sp³-hybridized carbons (Fsp3) is 0.529. The van der Waals surface area contributed by atoms with E-state index in [1.165, 1.54) is 17.9 Å². The van der Waals surface area contributed by atoms with Crippen molar-refractivity contribution >= 4 is 29.0 Å². The van der Waals surface area contributed by atoms with Gasteiger partial charge in [-0.3, -0.25) is 9.59 Å². The van der Waals surface area contributed by atoms with Crippen LogP contribution in [-0.2, 0) is 9.53 Å². The van der Waals surface area contributed by atoms with Crippen LogP contribution in [0.4, 0.5) is 0 Å². The van der Waals surface area contributed by atoms with Gasteiger partial charge in [0.15, 0.2) is 12.4 Å². The SMILES string of the molecule is CC(=O)c1ccc(C(=O)OCC(=O)N(C)C2(C#N)CCCCC2)s1. The summed E-state index contributed by atoms with van der Waals surface area (Å²) in [7, 11) is 1.59. The quantitative estimate of drug-likeness (QED) is 0.603. The minimum Gasteiger partial charge on any atom is -0.451 e. The van der Waals surface area contributed by atoms with Gasteiger partial charge >= 0.3 is 5.97 Å². The van der Waals surface area contributed by atoms with E-state index in [0.717, 1.165) is 30.6 Å². The summed E-state index contributed by atoms with van der Waals surface area (Å²) in [5.41, 5.74) is -0.799. The van der Waals surface area contributed by atoms with Gasteiger partial charge < -0.3 is 9.64 Å². The molecule has 0 atom stereocenters. The maximum atomic E-state index is 12.3. The Morgan fingerprint density at radius 1 is 1.25 bits per heavy atom. The van der Waals surface area contributed by atoms with Gasteiger partial charge in [0.05, 0.1) is 10.9 Å². The van der Waals surface area contributed by atoms with Crippen molar-refractivity contribution in [2.45, 2.75) is 44.6 Å². The Morgan fingerprint density at radius 3 is 2.42 bits per heavy atom. The Morgan fingerprint density at radius 2 is 1.88 bits per heavy atom. The number of Topliss-reactive ketones (excluding diaryl/α,β-unsaturated/α-hetero) is 1. The predicted octanol–water partition coefficient (Wildman–Crippen LogP) is 2.79. The summed E-state index contributed by atoms with van der Waals surface area (Å²) in [6, 6.07) is 5.33. The molecule has 0 unspecified atom stereocenters. The van der Waals surface area contributed by atoms with Gasteiger partial charge in [-0.25, -0.2) is 4.79 Å². The second kappa shape index (κ2) is 7.58. The molecule has 6 nitrogen and oxygen atoms in total. The lowest BCUT2D eigenvalue weighted by Crippen LogP contribution is -2.51. The van der Waals surface area contributed by atoms with Crippen LogP contribution in [0.2, 0.25) is 0 Å². The number of hydrogen-bond acceptors (Lipinski definition) is 6. The first-order valence-electron chi connectivity index (χ1n) is 7.85. The lowest BCUT2D eigenvalue weighted by molar-refractivity contribution is -0.138. The Kier molecular flexibility index (Phi) is 5.73. The van der Waals surface area contributed by atoms with E-state index in [1.54, 1.807) is 13.1 Å². The van der Waals surface area contributed by atoms with E-state index in [-0.39, 0.29) is 10.7 Å². The van der Waals surface area contributed by atoms with E-state index in [4.69, 9.17) is 4.74 Å². The lowest BCUT2D eigenvalue weighted by atomic mass is 9.81. The summed E-state index contributed by atoms with van der Waals surface area (Å²) in [5.74, 6) is -1.15. The molecule has 1 aliphatic carbocycles. The maximum Gasteiger partial charge on any atom is 0.348 e. The van der Waals surface area contributed by atoms with E-state index in [9.17, 15) is 19.6 Å². The molecule has 1 aliphatic rings. The summed E-state index contributed by atoms with van der Waals surface area (Å²) in [4.78, 5) is 37.7. The average molecular weight is 348 g/mol. The zero-order valence-corrected chi connectivity index (χ0v) is 14.6. The van der Waals surface area contributed by atoms with E-state index >= 15 is 0 Å². The number of nitriles is 1. The van der Waals surface area contributed by atoms with Crippen molar-refractivity contribution < 1.29 is 19.1 Å². The smallest absolute Gasteiger partial charge is 0.348 e. The highest BCUT2D eigenvalue weighted by Gasteiger charge is 2.39. The molecule has 0 aliphatic heterocycles. The van der Waals surface area contributed by atoms with E-state index in [0.29, 0.717) is 17.7 Å². The van der Waals surface area contributed by atoms with E-state index in [2.05, 4.69) is 6.07 Å². The van der Waals surface area contributed by atoms with Crippen molar-refractivity contribution in [1.29, 1.82) is 5.26 Å². The molecule has 24 heavy (non-hydrogen) atoms. The summed E-state index contributed by atoms with van der Waals surface area (Å²) in [6.07, 6.45) is 4.18. The number of thiophene rings is 1. The highest BCUT2D eigenvalue weighted by molar-refractivity contribution is 7.15. The fourth-order valence-corrected chi connectivity index (χ4v) is 3.62. The third-order valence-corrected chi connectivity index (χ3v) is 5.55. The number of hydrogen-bond donors (Lipinski definition) is 0. The molecule has 1 heterocycles. The molecule has 0 radical (unpaired) electrons. The number of ketones is 1. The predicted molar refractivity (Wildman–Crippen MR) is 88.8 cm³/mol. The van der Waals surface area contributed by atoms with Crippen LogP contribution in [0.25, 0.3) is 0 Å². The second-order valence-corrected chi connectivity index (χ2v) is 7.04. The van der Waals surface area contributed by atoms with Crippen molar-refractivity contribution in [1.82, 2.24) is 4.90 Å². The van der Waals surface area contributed by atoms with Crippen molar-refractivity contribution in [3.63, 3.8) is 0 Å². The Hall–Kier alpha value is -2.20. The molecular formula is C17H20N2O4S. The normalized spacial score (nSPS) is 16.0. The molecule has 0 saturated heterocycles. The van der Waals surface area contributed by atoms with Crippen LogP contribution in [0.1, 0.15) is 58.4 Å². The van der Waals surface area contributed by atoms with Crippen LogP contribution in [0, 0.1) is 11.3 Å². The number of amides is 1. The van der Waals surface area contributed by atoms with Crippen LogP contribution in [0.3, 0.4) is 0 Å². The van der Waals surface area contributed by atoms with Crippen molar-refractivity contribution in [2.24, 2.45) is 0 Å². The van der Waals surface area contributed by atoms with E-state index in [1.807, 2.05) is 0 Å². The highest BCUT2D eigenvalue weighted by Crippen LogP contribution is 2.32. The molecule has 1 fully saturated rings. The van der Waals surface area contributed by atoms with Gasteiger partial charge in [0, 0.05) is 7.05 Å². The minimum absolute atomic E-state index is 0.122. The van der Waals surface area contributed by atoms with Crippen molar-refractivity contribution in [3.05, 3.63) is 21.9 Å². The second-order valence-electron chi connectivity index (χ2n) is 5.95. The number of carbonyl (C=O) groups excluding carboxylic acids is 3. The van der Waals surface area contributed by atoms with Crippen LogP contribution in [-0.4, -0.2) is 41.8 Å². The number of rotatable bonds is 5. The largest absolute Gasteiger partial charge is 0.451 e.